The number of thiocarbonyl (C=S) groups is 1. The van der Waals surface area contributed by atoms with Crippen molar-refractivity contribution in [3.05, 3.63) is 48.8 Å². The summed E-state index contributed by atoms with van der Waals surface area (Å²) in [5, 5.41) is 7.79. The molecule has 6 heteroatoms. The van der Waals surface area contributed by atoms with Crippen LogP contribution in [0.15, 0.2) is 53.9 Å². The van der Waals surface area contributed by atoms with Crippen LogP contribution in [0.5, 0.6) is 0 Å². The summed E-state index contributed by atoms with van der Waals surface area (Å²) in [5.74, 6) is 1.30. The minimum absolute atomic E-state index is 0. The zero-order valence-electron chi connectivity index (χ0n) is 8.65. The second kappa shape index (κ2) is 6.88. The van der Waals surface area contributed by atoms with Crippen molar-refractivity contribution in [3.8, 4) is 0 Å². The molecule has 0 atom stereocenters. The minimum Gasteiger partial charge on any atom is -0.237 e. The topological polar surface area (TPSA) is 41.4 Å². The molecule has 17 heavy (non-hydrogen) atoms. The van der Waals surface area contributed by atoms with Crippen LogP contribution in [-0.4, -0.2) is 15.1 Å². The van der Waals surface area contributed by atoms with E-state index < -0.39 is 0 Å². The fourth-order valence-electron chi connectivity index (χ4n) is 1.22. The molecular formula is C11H8CoN4S. The predicted octanol–water partition coefficient (Wildman–Crippen LogP) is 2.63. The number of hydrogen-bond acceptors (Lipinski definition) is 5. The molecule has 0 spiro atoms. The average molecular weight is 287 g/mol. The minimum atomic E-state index is 0. The predicted molar refractivity (Wildman–Crippen MR) is 65.6 cm³/mol. The van der Waals surface area contributed by atoms with Crippen LogP contribution in [0.2, 0.25) is 0 Å². The largest absolute Gasteiger partial charge is 0.237 e. The van der Waals surface area contributed by atoms with Crippen molar-refractivity contribution < 1.29 is 16.8 Å². The molecule has 2 rings (SSSR count). The summed E-state index contributed by atoms with van der Waals surface area (Å²) in [5.41, 5.74) is 0. The van der Waals surface area contributed by atoms with Crippen molar-refractivity contribution in [3.63, 3.8) is 0 Å². The van der Waals surface area contributed by atoms with Gasteiger partial charge in [0.1, 0.15) is 0 Å². The third-order valence-corrected chi connectivity index (χ3v) is 1.96. The number of nitrogens with zero attached hydrogens (tertiary/aromatic N) is 4. The van der Waals surface area contributed by atoms with Gasteiger partial charge in [-0.1, -0.05) is 12.1 Å². The van der Waals surface area contributed by atoms with Crippen molar-refractivity contribution in [1.82, 2.24) is 9.97 Å². The van der Waals surface area contributed by atoms with Gasteiger partial charge in [0, 0.05) is 29.2 Å². The molecule has 0 fully saturated rings. The molecule has 2 aromatic heterocycles. The van der Waals surface area contributed by atoms with E-state index in [1.807, 2.05) is 36.4 Å². The number of rotatable bonds is 3. The van der Waals surface area contributed by atoms with Gasteiger partial charge in [0.25, 0.3) is 0 Å². The van der Waals surface area contributed by atoms with Crippen molar-refractivity contribution >= 4 is 29.0 Å². The van der Waals surface area contributed by atoms with Gasteiger partial charge in [-0.3, -0.25) is 0 Å². The molecule has 0 amide bonds. The quantitative estimate of drug-likeness (QED) is 0.494. The zero-order valence-corrected chi connectivity index (χ0v) is 10.5. The van der Waals surface area contributed by atoms with E-state index in [0.717, 1.165) is 0 Å². The number of hydrazone groups is 1. The average Bonchev–Trinajstić information content (AvgIpc) is 2.38. The van der Waals surface area contributed by atoms with Crippen LogP contribution in [0, 0.1) is 0 Å². The summed E-state index contributed by atoms with van der Waals surface area (Å²) < 4.78 is 0. The first kappa shape index (κ1) is 13.5. The fourth-order valence-corrected chi connectivity index (χ4v) is 1.30. The van der Waals surface area contributed by atoms with Crippen LogP contribution in [0.25, 0.3) is 0 Å². The Morgan fingerprint density at radius 2 is 1.53 bits per heavy atom. The number of hydrogen-bond donors (Lipinski definition) is 0. The summed E-state index contributed by atoms with van der Waals surface area (Å²) in [4.78, 5) is 8.36. The summed E-state index contributed by atoms with van der Waals surface area (Å²) in [6.45, 7) is 0. The molecule has 1 radical (unpaired) electrons. The van der Waals surface area contributed by atoms with E-state index in [9.17, 15) is 0 Å². The monoisotopic (exact) mass is 287 g/mol. The Labute approximate surface area is 115 Å². The Morgan fingerprint density at radius 1 is 1.00 bits per heavy atom. The maximum atomic E-state index is 4.61. The number of pyridine rings is 2. The Balaban J connectivity index is 0.00000144. The van der Waals surface area contributed by atoms with Gasteiger partial charge in [-0.05, 0) is 36.5 Å². The van der Waals surface area contributed by atoms with Crippen LogP contribution in [0.3, 0.4) is 0 Å². The second-order valence-corrected chi connectivity index (χ2v) is 3.06. The van der Waals surface area contributed by atoms with Crippen molar-refractivity contribution in [2.45, 2.75) is 0 Å². The van der Waals surface area contributed by atoms with E-state index in [1.165, 1.54) is 5.01 Å². The molecule has 0 aliphatic rings. The van der Waals surface area contributed by atoms with Crippen molar-refractivity contribution in [2.75, 3.05) is 5.01 Å². The Bertz CT molecular complexity index is 460. The molecule has 0 unspecified atom stereocenters. The van der Waals surface area contributed by atoms with Crippen LogP contribution < -0.4 is 5.01 Å². The summed E-state index contributed by atoms with van der Waals surface area (Å²) in [6.07, 6.45) is 3.37. The standard InChI is InChI=1S/C11H8N4S.Co/c16-9-14-15(10-5-1-3-7-12-10)11-6-2-4-8-13-11;/h1-8H;. The van der Waals surface area contributed by atoms with Crippen LogP contribution in [-0.2, 0) is 16.8 Å². The Hall–Kier alpha value is -1.59. The number of isothiocyanates is 1. The molecule has 0 bridgehead atoms. The van der Waals surface area contributed by atoms with Gasteiger partial charge in [0.15, 0.2) is 11.6 Å². The first-order chi connectivity index (χ1) is 7.92. The van der Waals surface area contributed by atoms with Gasteiger partial charge in [0.05, 0.1) is 5.16 Å². The molecule has 0 aliphatic carbocycles. The van der Waals surface area contributed by atoms with E-state index >= 15 is 0 Å². The number of anilines is 2. The molecule has 0 aliphatic heterocycles. The van der Waals surface area contributed by atoms with Crippen LogP contribution >= 0.6 is 12.2 Å². The molecule has 2 aromatic rings. The van der Waals surface area contributed by atoms with E-state index in [0.29, 0.717) is 11.6 Å². The van der Waals surface area contributed by atoms with E-state index in [2.05, 4.69) is 32.4 Å². The summed E-state index contributed by atoms with van der Waals surface area (Å²) >= 11 is 4.61. The normalized spacial score (nSPS) is 8.71. The maximum Gasteiger partial charge on any atom is 0.156 e. The van der Waals surface area contributed by atoms with E-state index in [4.69, 9.17) is 0 Å². The molecule has 0 saturated heterocycles. The molecular weight excluding hydrogens is 279 g/mol. The Morgan fingerprint density at radius 3 is 1.88 bits per heavy atom. The zero-order chi connectivity index (χ0) is 11.2. The molecule has 87 valence electrons. The summed E-state index contributed by atoms with van der Waals surface area (Å²) in [7, 11) is 0. The Kier molecular flexibility index (Phi) is 5.45. The van der Waals surface area contributed by atoms with E-state index in [-0.39, 0.29) is 16.8 Å². The van der Waals surface area contributed by atoms with Gasteiger partial charge >= 0.3 is 0 Å². The molecule has 0 aromatic carbocycles. The smallest absolute Gasteiger partial charge is 0.156 e. The molecule has 4 nitrogen and oxygen atoms in total. The van der Waals surface area contributed by atoms with Gasteiger partial charge < -0.3 is 0 Å². The van der Waals surface area contributed by atoms with Crippen LogP contribution in [0.1, 0.15) is 0 Å². The fraction of sp³-hybridized carbons (Fsp3) is 0. The first-order valence-electron chi connectivity index (χ1n) is 4.62. The van der Waals surface area contributed by atoms with Gasteiger partial charge in [0.2, 0.25) is 0 Å². The van der Waals surface area contributed by atoms with Crippen LogP contribution in [0.4, 0.5) is 11.6 Å². The maximum absolute atomic E-state index is 4.61. The molecule has 0 N–H and O–H groups in total. The van der Waals surface area contributed by atoms with Crippen molar-refractivity contribution in [1.29, 1.82) is 0 Å². The molecule has 2 heterocycles. The second-order valence-electron chi connectivity index (χ2n) is 2.88. The SMILES string of the molecule is S=C=NN(c1ccccn1)c1ccccn1.[Co]. The van der Waals surface area contributed by atoms with E-state index in [1.54, 1.807) is 12.4 Å². The van der Waals surface area contributed by atoms with Gasteiger partial charge in [-0.25, -0.2) is 9.97 Å². The first-order valence-corrected chi connectivity index (χ1v) is 5.02. The molecule has 0 saturated carbocycles. The van der Waals surface area contributed by atoms with Crippen molar-refractivity contribution in [2.24, 2.45) is 5.10 Å². The number of aromatic nitrogens is 2. The summed E-state index contributed by atoms with van der Waals surface area (Å²) in [6, 6.07) is 11.1. The van der Waals surface area contributed by atoms with Gasteiger partial charge in [-0.2, -0.15) is 5.01 Å². The third kappa shape index (κ3) is 3.44. The van der Waals surface area contributed by atoms with Gasteiger partial charge in [-0.15, -0.1) is 5.10 Å². The third-order valence-electron chi connectivity index (χ3n) is 1.87.